The van der Waals surface area contributed by atoms with E-state index in [1.54, 1.807) is 0 Å². The molecule has 1 rings (SSSR count). The van der Waals surface area contributed by atoms with Crippen molar-refractivity contribution < 1.29 is 0 Å². The highest BCUT2D eigenvalue weighted by Crippen LogP contribution is 2.28. The molecule has 0 radical (unpaired) electrons. The minimum Gasteiger partial charge on any atom is -0.314 e. The van der Waals surface area contributed by atoms with Gasteiger partial charge in [-0.3, -0.25) is 0 Å². The highest BCUT2D eigenvalue weighted by atomic mass is 15.1. The average Bonchev–Trinajstić information content (AvgIpc) is 2.61. The third kappa shape index (κ3) is 15.4. The molecular formula is C27H56N2. The van der Waals surface area contributed by atoms with E-state index < -0.39 is 0 Å². The van der Waals surface area contributed by atoms with E-state index in [0.29, 0.717) is 6.04 Å². The average molecular weight is 409 g/mol. The Hall–Kier alpha value is -0.0800. The molecule has 0 saturated carbocycles. The molecule has 2 heteroatoms. The van der Waals surface area contributed by atoms with Crippen molar-refractivity contribution >= 4 is 0 Å². The Morgan fingerprint density at radius 2 is 0.931 bits per heavy atom. The van der Waals surface area contributed by atoms with Crippen LogP contribution in [0.2, 0.25) is 0 Å². The van der Waals surface area contributed by atoms with Gasteiger partial charge in [0.05, 0.1) is 0 Å². The van der Waals surface area contributed by atoms with Gasteiger partial charge in [-0.2, -0.15) is 0 Å². The molecule has 1 saturated heterocycles. The van der Waals surface area contributed by atoms with Crippen LogP contribution >= 0.6 is 0 Å². The molecule has 0 aliphatic carbocycles. The second-order valence-corrected chi connectivity index (χ2v) is 11.3. The third-order valence-electron chi connectivity index (χ3n) is 6.65. The summed E-state index contributed by atoms with van der Waals surface area (Å²) in [5.41, 5.74) is 0.516. The first-order valence-corrected chi connectivity index (χ1v) is 13.4. The highest BCUT2D eigenvalue weighted by Gasteiger charge is 2.37. The zero-order valence-electron chi connectivity index (χ0n) is 21.0. The van der Waals surface area contributed by atoms with E-state index in [1.807, 2.05) is 0 Å². The fourth-order valence-electron chi connectivity index (χ4n) is 5.45. The smallest absolute Gasteiger partial charge is 0.0144 e. The van der Waals surface area contributed by atoms with Gasteiger partial charge in [0.1, 0.15) is 0 Å². The Labute approximate surface area is 184 Å². The highest BCUT2D eigenvalue weighted by molar-refractivity contribution is 4.99. The van der Waals surface area contributed by atoms with Crippen LogP contribution in [0.3, 0.4) is 0 Å². The quantitative estimate of drug-likeness (QED) is 0.224. The summed E-state index contributed by atoms with van der Waals surface area (Å²) in [6.45, 7) is 12.9. The van der Waals surface area contributed by atoms with Gasteiger partial charge in [-0.15, -0.1) is 0 Å². The molecule has 1 aliphatic rings. The fraction of sp³-hybridized carbons (Fsp3) is 1.00. The van der Waals surface area contributed by atoms with Gasteiger partial charge in [0.2, 0.25) is 0 Å². The summed E-state index contributed by atoms with van der Waals surface area (Å²) < 4.78 is 0. The summed E-state index contributed by atoms with van der Waals surface area (Å²) in [7, 11) is 0. The first kappa shape index (κ1) is 27.0. The summed E-state index contributed by atoms with van der Waals surface area (Å²) >= 11 is 0. The standard InChI is InChI=1S/C27H56N2/c1-6-7-8-9-10-11-12-13-14-15-16-17-18-19-20-21-22-28-25-23-26(2,3)29-27(4,5)24-25/h25,28-29H,6-24H2,1-5H3. The minimum atomic E-state index is 0.258. The summed E-state index contributed by atoms with van der Waals surface area (Å²) in [5, 5.41) is 7.62. The van der Waals surface area contributed by atoms with E-state index in [1.165, 1.54) is 122 Å². The van der Waals surface area contributed by atoms with E-state index in [4.69, 9.17) is 0 Å². The lowest BCUT2D eigenvalue weighted by Gasteiger charge is -2.46. The Morgan fingerprint density at radius 1 is 0.586 bits per heavy atom. The van der Waals surface area contributed by atoms with Crippen molar-refractivity contribution in [1.82, 2.24) is 10.6 Å². The van der Waals surface area contributed by atoms with E-state index in [0.717, 1.165) is 0 Å². The normalized spacial score (nSPS) is 18.9. The van der Waals surface area contributed by atoms with Gasteiger partial charge < -0.3 is 10.6 Å². The van der Waals surface area contributed by atoms with Crippen LogP contribution in [0.5, 0.6) is 0 Å². The number of hydrogen-bond donors (Lipinski definition) is 2. The maximum Gasteiger partial charge on any atom is 0.0144 e. The van der Waals surface area contributed by atoms with Gasteiger partial charge in [-0.05, 0) is 53.5 Å². The molecule has 0 spiro atoms. The molecule has 174 valence electrons. The number of hydrogen-bond acceptors (Lipinski definition) is 2. The van der Waals surface area contributed by atoms with E-state index in [2.05, 4.69) is 45.3 Å². The van der Waals surface area contributed by atoms with Crippen LogP contribution in [0.4, 0.5) is 0 Å². The zero-order valence-corrected chi connectivity index (χ0v) is 21.0. The maximum absolute atomic E-state index is 3.84. The second-order valence-electron chi connectivity index (χ2n) is 11.3. The monoisotopic (exact) mass is 408 g/mol. The Kier molecular flexibility index (Phi) is 14.6. The molecule has 2 N–H and O–H groups in total. The second kappa shape index (κ2) is 15.7. The number of rotatable bonds is 18. The molecule has 0 amide bonds. The fourth-order valence-corrected chi connectivity index (χ4v) is 5.45. The Morgan fingerprint density at radius 3 is 1.31 bits per heavy atom. The van der Waals surface area contributed by atoms with Crippen molar-refractivity contribution in [2.24, 2.45) is 0 Å². The topological polar surface area (TPSA) is 24.1 Å². The third-order valence-corrected chi connectivity index (χ3v) is 6.65. The number of piperidine rings is 1. The van der Waals surface area contributed by atoms with Crippen LogP contribution in [0, 0.1) is 0 Å². The van der Waals surface area contributed by atoms with Crippen LogP contribution in [0.15, 0.2) is 0 Å². The molecular weight excluding hydrogens is 352 g/mol. The van der Waals surface area contributed by atoms with E-state index >= 15 is 0 Å². The van der Waals surface area contributed by atoms with Crippen molar-refractivity contribution in [1.29, 1.82) is 0 Å². The van der Waals surface area contributed by atoms with Crippen molar-refractivity contribution in [3.8, 4) is 0 Å². The molecule has 1 heterocycles. The largest absolute Gasteiger partial charge is 0.314 e. The van der Waals surface area contributed by atoms with Crippen LogP contribution in [0.25, 0.3) is 0 Å². The van der Waals surface area contributed by atoms with Crippen LogP contribution in [0.1, 0.15) is 150 Å². The van der Waals surface area contributed by atoms with Crippen LogP contribution in [-0.2, 0) is 0 Å². The molecule has 0 atom stereocenters. The lowest BCUT2D eigenvalue weighted by molar-refractivity contribution is 0.146. The predicted octanol–water partition coefficient (Wildman–Crippen LogP) is 8.15. The Bertz CT molecular complexity index is 359. The minimum absolute atomic E-state index is 0.258. The molecule has 0 aromatic heterocycles. The molecule has 29 heavy (non-hydrogen) atoms. The molecule has 2 nitrogen and oxygen atoms in total. The summed E-state index contributed by atoms with van der Waals surface area (Å²) in [4.78, 5) is 0. The van der Waals surface area contributed by atoms with Gasteiger partial charge in [-0.25, -0.2) is 0 Å². The predicted molar refractivity (Wildman–Crippen MR) is 132 cm³/mol. The van der Waals surface area contributed by atoms with E-state index in [-0.39, 0.29) is 11.1 Å². The lowest BCUT2D eigenvalue weighted by atomic mass is 9.79. The number of unbranched alkanes of at least 4 members (excludes halogenated alkanes) is 15. The summed E-state index contributed by atoms with van der Waals surface area (Å²) in [6.07, 6.45) is 25.6. The molecule has 0 unspecified atom stereocenters. The van der Waals surface area contributed by atoms with Gasteiger partial charge >= 0.3 is 0 Å². The SMILES string of the molecule is CCCCCCCCCCCCCCCCCCNC1CC(C)(C)NC(C)(C)C1. The maximum atomic E-state index is 3.84. The first-order chi connectivity index (χ1) is 13.8. The van der Waals surface area contributed by atoms with Crippen molar-refractivity contribution in [2.45, 2.75) is 167 Å². The van der Waals surface area contributed by atoms with Crippen LogP contribution < -0.4 is 10.6 Å². The van der Waals surface area contributed by atoms with Gasteiger partial charge in [0.15, 0.2) is 0 Å². The Balaban J connectivity index is 1.81. The molecule has 0 aromatic carbocycles. The van der Waals surface area contributed by atoms with Crippen molar-refractivity contribution in [2.75, 3.05) is 6.54 Å². The summed E-state index contributed by atoms with van der Waals surface area (Å²) in [5.74, 6) is 0. The van der Waals surface area contributed by atoms with Gasteiger partial charge in [-0.1, -0.05) is 103 Å². The molecule has 0 aromatic rings. The van der Waals surface area contributed by atoms with E-state index in [9.17, 15) is 0 Å². The first-order valence-electron chi connectivity index (χ1n) is 13.4. The molecule has 1 fully saturated rings. The van der Waals surface area contributed by atoms with Crippen molar-refractivity contribution in [3.63, 3.8) is 0 Å². The van der Waals surface area contributed by atoms with Crippen molar-refractivity contribution in [3.05, 3.63) is 0 Å². The lowest BCUT2D eigenvalue weighted by Crippen LogP contribution is -2.61. The van der Waals surface area contributed by atoms with Gasteiger partial charge in [0.25, 0.3) is 0 Å². The molecule has 0 bridgehead atoms. The van der Waals surface area contributed by atoms with Gasteiger partial charge in [0, 0.05) is 17.1 Å². The van der Waals surface area contributed by atoms with Crippen LogP contribution in [-0.4, -0.2) is 23.7 Å². The number of nitrogens with one attached hydrogen (secondary N) is 2. The summed E-state index contributed by atoms with van der Waals surface area (Å²) in [6, 6.07) is 0.678. The zero-order chi connectivity index (χ0) is 21.4. The molecule has 1 aliphatic heterocycles.